The van der Waals surface area contributed by atoms with Crippen molar-refractivity contribution in [3.8, 4) is 11.3 Å². The number of thiocarbonyl (C=S) groups is 1. The molecule has 0 radical (unpaired) electrons. The summed E-state index contributed by atoms with van der Waals surface area (Å²) in [6.45, 7) is 0. The molecule has 2 N–H and O–H groups in total. The summed E-state index contributed by atoms with van der Waals surface area (Å²) in [6.07, 6.45) is 1.33. The van der Waals surface area contributed by atoms with Crippen LogP contribution in [-0.4, -0.2) is 16.9 Å². The molecule has 1 fully saturated rings. The van der Waals surface area contributed by atoms with Crippen molar-refractivity contribution in [1.29, 1.82) is 0 Å². The first-order valence-electron chi connectivity index (χ1n) is 6.38. The number of carbonyl (C=O) groups is 2. The summed E-state index contributed by atoms with van der Waals surface area (Å²) < 4.78 is 5.62. The third-order valence-corrected chi connectivity index (χ3v) is 4.10. The van der Waals surface area contributed by atoms with Crippen molar-refractivity contribution < 1.29 is 14.0 Å². The summed E-state index contributed by atoms with van der Waals surface area (Å²) in [4.78, 5) is 23.6. The average molecular weight is 367 g/mol. The first kappa shape index (κ1) is 15.7. The van der Waals surface area contributed by atoms with Crippen LogP contribution in [-0.2, 0) is 9.59 Å². The first-order valence-corrected chi connectivity index (χ1v) is 7.54. The summed E-state index contributed by atoms with van der Waals surface area (Å²) in [7, 11) is 0. The van der Waals surface area contributed by atoms with Crippen molar-refractivity contribution >= 4 is 58.4 Å². The van der Waals surface area contributed by atoms with Crippen LogP contribution in [0.2, 0.25) is 10.0 Å². The molecule has 5 nitrogen and oxygen atoms in total. The maximum atomic E-state index is 11.8. The van der Waals surface area contributed by atoms with E-state index >= 15 is 0 Å². The Morgan fingerprint density at radius 2 is 1.74 bits per heavy atom. The molecule has 3 rings (SSSR count). The Bertz CT molecular complexity index is 851. The van der Waals surface area contributed by atoms with E-state index in [1.54, 1.807) is 30.3 Å². The van der Waals surface area contributed by atoms with Crippen LogP contribution in [0.4, 0.5) is 0 Å². The molecular formula is C15H8Cl2N2O3S. The molecule has 8 heteroatoms. The van der Waals surface area contributed by atoms with Gasteiger partial charge < -0.3 is 4.42 Å². The number of carbonyl (C=O) groups excluding carboxylic acids is 2. The highest BCUT2D eigenvalue weighted by Crippen LogP contribution is 2.34. The molecule has 1 aromatic heterocycles. The molecule has 1 aliphatic heterocycles. The zero-order chi connectivity index (χ0) is 16.6. The Hall–Kier alpha value is -2.15. The molecule has 0 aliphatic carbocycles. The number of furan rings is 1. The van der Waals surface area contributed by atoms with Crippen molar-refractivity contribution in [2.75, 3.05) is 0 Å². The maximum absolute atomic E-state index is 11.8. The van der Waals surface area contributed by atoms with Gasteiger partial charge in [-0.3, -0.25) is 20.2 Å². The second kappa shape index (κ2) is 6.16. The Morgan fingerprint density at radius 1 is 1.04 bits per heavy atom. The number of hydrogen-bond donors (Lipinski definition) is 2. The van der Waals surface area contributed by atoms with Crippen molar-refractivity contribution in [2.24, 2.45) is 0 Å². The lowest BCUT2D eigenvalue weighted by atomic mass is 10.1. The van der Waals surface area contributed by atoms with E-state index in [1.807, 2.05) is 0 Å². The van der Waals surface area contributed by atoms with Gasteiger partial charge in [-0.25, -0.2) is 0 Å². The minimum absolute atomic E-state index is 0.0250. The van der Waals surface area contributed by atoms with Crippen molar-refractivity contribution in [1.82, 2.24) is 10.6 Å². The van der Waals surface area contributed by atoms with E-state index in [1.165, 1.54) is 6.08 Å². The van der Waals surface area contributed by atoms with Gasteiger partial charge >= 0.3 is 0 Å². The largest absolute Gasteiger partial charge is 0.457 e. The predicted octanol–water partition coefficient (Wildman–Crippen LogP) is 3.17. The quantitative estimate of drug-likeness (QED) is 0.486. The number of benzene rings is 1. The summed E-state index contributed by atoms with van der Waals surface area (Å²) >= 11 is 16.8. The summed E-state index contributed by atoms with van der Waals surface area (Å²) in [5.74, 6) is -0.379. The molecule has 0 saturated carbocycles. The normalized spacial score (nSPS) is 14.5. The van der Waals surface area contributed by atoms with Gasteiger partial charge in [-0.05, 0) is 42.6 Å². The molecule has 1 aliphatic rings. The zero-order valence-electron chi connectivity index (χ0n) is 11.4. The Morgan fingerprint density at radius 3 is 2.43 bits per heavy atom. The van der Waals surface area contributed by atoms with Gasteiger partial charge in [0.25, 0.3) is 11.8 Å². The minimum Gasteiger partial charge on any atom is -0.457 e. The van der Waals surface area contributed by atoms with E-state index < -0.39 is 11.8 Å². The number of halogens is 2. The summed E-state index contributed by atoms with van der Waals surface area (Å²) in [5.41, 5.74) is 0.513. The standard InChI is InChI=1S/C15H8Cl2N2O3S/c16-10-3-1-2-8(12(10)17)11-5-4-7(22-11)6-9-13(20)18-15(23)19-14(9)21/h1-6H,(H2,18,19,20,21,23). The summed E-state index contributed by atoms with van der Waals surface area (Å²) in [6, 6.07) is 8.45. The molecule has 1 saturated heterocycles. The second-order valence-electron chi connectivity index (χ2n) is 4.60. The van der Waals surface area contributed by atoms with E-state index in [2.05, 4.69) is 10.6 Å². The lowest BCUT2D eigenvalue weighted by Gasteiger charge is -2.15. The van der Waals surface area contributed by atoms with Gasteiger partial charge in [0.1, 0.15) is 17.1 Å². The maximum Gasteiger partial charge on any atom is 0.263 e. The van der Waals surface area contributed by atoms with Crippen molar-refractivity contribution in [2.45, 2.75) is 0 Å². The highest BCUT2D eigenvalue weighted by Gasteiger charge is 2.26. The number of hydrogen-bond acceptors (Lipinski definition) is 4. The smallest absolute Gasteiger partial charge is 0.263 e. The zero-order valence-corrected chi connectivity index (χ0v) is 13.7. The lowest BCUT2D eigenvalue weighted by molar-refractivity contribution is -0.123. The van der Waals surface area contributed by atoms with Gasteiger partial charge in [0.05, 0.1) is 10.0 Å². The van der Waals surface area contributed by atoms with Gasteiger partial charge in [-0.1, -0.05) is 29.3 Å². The van der Waals surface area contributed by atoms with Gasteiger partial charge in [0.15, 0.2) is 5.11 Å². The Kier molecular flexibility index (Phi) is 4.21. The molecule has 2 heterocycles. The van der Waals surface area contributed by atoms with E-state index in [-0.39, 0.29) is 10.7 Å². The van der Waals surface area contributed by atoms with Gasteiger partial charge in [-0.15, -0.1) is 0 Å². The van der Waals surface area contributed by atoms with Crippen LogP contribution in [0.3, 0.4) is 0 Å². The monoisotopic (exact) mass is 366 g/mol. The Balaban J connectivity index is 1.95. The molecular weight excluding hydrogens is 359 g/mol. The van der Waals surface area contributed by atoms with Gasteiger partial charge in [0, 0.05) is 5.56 Å². The molecule has 0 spiro atoms. The van der Waals surface area contributed by atoms with Crippen LogP contribution in [0.1, 0.15) is 5.76 Å². The van der Waals surface area contributed by atoms with Crippen molar-refractivity contribution in [3.05, 3.63) is 51.7 Å². The van der Waals surface area contributed by atoms with E-state index in [9.17, 15) is 9.59 Å². The SMILES string of the molecule is O=C1NC(=S)NC(=O)C1=Cc1ccc(-c2cccc(Cl)c2Cl)o1. The first-order chi connectivity index (χ1) is 11.0. The average Bonchev–Trinajstić information content (AvgIpc) is 2.94. The molecule has 0 atom stereocenters. The van der Waals surface area contributed by atoms with Crippen LogP contribution >= 0.6 is 35.4 Å². The number of rotatable bonds is 2. The van der Waals surface area contributed by atoms with Crippen molar-refractivity contribution in [3.63, 3.8) is 0 Å². The molecule has 1 aromatic carbocycles. The van der Waals surface area contributed by atoms with E-state index in [4.69, 9.17) is 39.8 Å². The minimum atomic E-state index is -0.586. The van der Waals surface area contributed by atoms with Crippen LogP contribution in [0, 0.1) is 0 Å². The third kappa shape index (κ3) is 3.14. The fourth-order valence-electron chi connectivity index (χ4n) is 2.02. The molecule has 2 amide bonds. The Labute approximate surface area is 146 Å². The topological polar surface area (TPSA) is 71.3 Å². The predicted molar refractivity (Wildman–Crippen MR) is 91.0 cm³/mol. The lowest BCUT2D eigenvalue weighted by Crippen LogP contribution is -2.51. The molecule has 0 unspecified atom stereocenters. The highest BCUT2D eigenvalue weighted by molar-refractivity contribution is 7.80. The van der Waals surface area contributed by atoms with Crippen LogP contribution in [0.15, 0.2) is 40.3 Å². The van der Waals surface area contributed by atoms with Gasteiger partial charge in [0.2, 0.25) is 0 Å². The third-order valence-electron chi connectivity index (χ3n) is 3.07. The van der Waals surface area contributed by atoms with Gasteiger partial charge in [-0.2, -0.15) is 0 Å². The van der Waals surface area contributed by atoms with E-state index in [0.717, 1.165) is 0 Å². The molecule has 0 bridgehead atoms. The summed E-state index contributed by atoms with van der Waals surface area (Å²) in [5, 5.41) is 5.43. The molecule has 116 valence electrons. The molecule has 2 aromatic rings. The van der Waals surface area contributed by atoms with E-state index in [0.29, 0.717) is 27.1 Å². The van der Waals surface area contributed by atoms with Crippen LogP contribution < -0.4 is 10.6 Å². The fourth-order valence-corrected chi connectivity index (χ4v) is 2.60. The van der Waals surface area contributed by atoms with Crippen LogP contribution in [0.5, 0.6) is 0 Å². The molecule has 23 heavy (non-hydrogen) atoms. The number of amides is 2. The van der Waals surface area contributed by atoms with Crippen LogP contribution in [0.25, 0.3) is 17.4 Å². The fraction of sp³-hybridized carbons (Fsp3) is 0. The number of nitrogens with one attached hydrogen (secondary N) is 2. The highest BCUT2D eigenvalue weighted by atomic mass is 35.5. The second-order valence-corrected chi connectivity index (χ2v) is 5.79.